The lowest BCUT2D eigenvalue weighted by atomic mass is 9.91. The summed E-state index contributed by atoms with van der Waals surface area (Å²) in [5.74, 6) is 1.42. The van der Waals surface area contributed by atoms with E-state index < -0.39 is 5.60 Å². The van der Waals surface area contributed by atoms with Gasteiger partial charge in [0.05, 0.1) is 11.9 Å². The molecule has 0 aromatic carbocycles. The Bertz CT molecular complexity index is 887. The number of piperidine rings is 1. The quantitative estimate of drug-likeness (QED) is 0.825. The van der Waals surface area contributed by atoms with Crippen LogP contribution in [-0.4, -0.2) is 56.2 Å². The molecular weight excluding hydrogens is 380 g/mol. The number of carbonyl (C=O) groups is 1. The summed E-state index contributed by atoms with van der Waals surface area (Å²) in [5.41, 5.74) is 2.84. The van der Waals surface area contributed by atoms with Crippen molar-refractivity contribution in [2.75, 3.05) is 25.0 Å². The van der Waals surface area contributed by atoms with Gasteiger partial charge in [0, 0.05) is 26.7 Å². The summed E-state index contributed by atoms with van der Waals surface area (Å²) in [7, 11) is 1.91. The Morgan fingerprint density at radius 3 is 2.57 bits per heavy atom. The molecule has 1 saturated carbocycles. The molecule has 3 heterocycles. The number of nitrogens with one attached hydrogen (secondary N) is 1. The van der Waals surface area contributed by atoms with Gasteiger partial charge in [-0.2, -0.15) is 5.10 Å². The molecule has 4 rings (SSSR count). The molecule has 2 aromatic heterocycles. The Balaban J connectivity index is 1.26. The normalized spacial score (nSPS) is 20.3. The number of anilines is 1. The average Bonchev–Trinajstić information content (AvgIpc) is 3.24. The highest BCUT2D eigenvalue weighted by molar-refractivity contribution is 5.68. The summed E-state index contributed by atoms with van der Waals surface area (Å²) in [5, 5.41) is 16.4. The minimum Gasteiger partial charge on any atom is -0.444 e. The van der Waals surface area contributed by atoms with Crippen molar-refractivity contribution in [2.24, 2.45) is 18.4 Å². The number of amides is 1. The monoisotopic (exact) mass is 412 g/mol. The molecule has 2 aliphatic rings. The van der Waals surface area contributed by atoms with E-state index in [9.17, 15) is 4.79 Å². The highest BCUT2D eigenvalue weighted by atomic mass is 16.6. The number of nitrogens with zero attached hydrogens (tertiary/aromatic N) is 5. The van der Waals surface area contributed by atoms with Crippen LogP contribution in [0, 0.1) is 18.3 Å². The van der Waals surface area contributed by atoms with E-state index in [0.717, 1.165) is 55.2 Å². The van der Waals surface area contributed by atoms with E-state index in [1.54, 1.807) is 0 Å². The van der Waals surface area contributed by atoms with Crippen LogP contribution in [0.5, 0.6) is 0 Å². The topological polar surface area (TPSA) is 85.2 Å². The number of hydrogen-bond acceptors (Lipinski definition) is 6. The Labute approximate surface area is 178 Å². The zero-order chi connectivity index (χ0) is 21.5. The first kappa shape index (κ1) is 20.6. The Morgan fingerprint density at radius 1 is 1.27 bits per heavy atom. The van der Waals surface area contributed by atoms with Gasteiger partial charge >= 0.3 is 6.09 Å². The summed E-state index contributed by atoms with van der Waals surface area (Å²) in [6, 6.07) is 3.97. The van der Waals surface area contributed by atoms with Gasteiger partial charge in [-0.3, -0.25) is 4.68 Å². The first-order valence-corrected chi connectivity index (χ1v) is 10.7. The van der Waals surface area contributed by atoms with Gasteiger partial charge in [0.1, 0.15) is 17.1 Å². The van der Waals surface area contributed by atoms with Crippen molar-refractivity contribution >= 4 is 11.9 Å². The summed E-state index contributed by atoms with van der Waals surface area (Å²) < 4.78 is 7.33. The maximum absolute atomic E-state index is 12.3. The van der Waals surface area contributed by atoms with Gasteiger partial charge < -0.3 is 15.0 Å². The summed E-state index contributed by atoms with van der Waals surface area (Å²) in [6.07, 6.45) is 4.95. The molecule has 0 bridgehead atoms. The molecule has 8 heteroatoms. The molecule has 8 nitrogen and oxygen atoms in total. The van der Waals surface area contributed by atoms with Crippen molar-refractivity contribution in [1.29, 1.82) is 0 Å². The largest absolute Gasteiger partial charge is 0.444 e. The molecule has 1 amide bonds. The number of hydrogen-bond donors (Lipinski definition) is 1. The minimum absolute atomic E-state index is 0.188. The van der Waals surface area contributed by atoms with Gasteiger partial charge in [0.15, 0.2) is 0 Å². The third-order valence-electron chi connectivity index (χ3n) is 6.33. The average molecular weight is 413 g/mol. The van der Waals surface area contributed by atoms with Gasteiger partial charge in [0.2, 0.25) is 0 Å². The Kier molecular flexibility index (Phi) is 5.20. The molecule has 1 N–H and O–H groups in total. The molecule has 1 spiro atoms. The zero-order valence-electron chi connectivity index (χ0n) is 18.6. The Hall–Kier alpha value is -2.64. The van der Waals surface area contributed by atoms with Crippen LogP contribution in [0.2, 0.25) is 0 Å². The summed E-state index contributed by atoms with van der Waals surface area (Å²) in [6.45, 7) is 10.2. The standard InChI is InChI=1S/C22H32N6O2/c1-15-13-24-27(5)19(15)17-6-7-18(26-25-17)23-14-16-12-22(16)8-10-28(11-9-22)20(29)30-21(2,3)4/h6-7,13,16H,8-12,14H2,1-5H3,(H,23,26). The van der Waals surface area contributed by atoms with Crippen molar-refractivity contribution in [1.82, 2.24) is 24.9 Å². The number of ether oxygens (including phenoxy) is 1. The molecule has 2 aromatic rings. The van der Waals surface area contributed by atoms with Gasteiger partial charge in [0.25, 0.3) is 0 Å². The fourth-order valence-corrected chi connectivity index (χ4v) is 4.49. The van der Waals surface area contributed by atoms with Crippen LogP contribution in [0.15, 0.2) is 18.3 Å². The first-order chi connectivity index (χ1) is 14.2. The van der Waals surface area contributed by atoms with Crippen LogP contribution in [-0.2, 0) is 11.8 Å². The smallest absolute Gasteiger partial charge is 0.410 e. The van der Waals surface area contributed by atoms with Gasteiger partial charge in [-0.1, -0.05) is 0 Å². The fourth-order valence-electron chi connectivity index (χ4n) is 4.49. The molecule has 1 atom stereocenters. The number of likely N-dealkylation sites (tertiary alicyclic amines) is 1. The summed E-state index contributed by atoms with van der Waals surface area (Å²) >= 11 is 0. The Morgan fingerprint density at radius 2 is 2.00 bits per heavy atom. The van der Waals surface area contributed by atoms with Crippen LogP contribution < -0.4 is 5.32 Å². The predicted molar refractivity (Wildman–Crippen MR) is 115 cm³/mol. The van der Waals surface area contributed by atoms with Gasteiger partial charge in [-0.25, -0.2) is 4.79 Å². The first-order valence-electron chi connectivity index (χ1n) is 10.7. The zero-order valence-corrected chi connectivity index (χ0v) is 18.6. The number of aromatic nitrogens is 4. The predicted octanol–water partition coefficient (Wildman–Crippen LogP) is 3.63. The van der Waals surface area contributed by atoms with E-state index in [-0.39, 0.29) is 6.09 Å². The van der Waals surface area contributed by atoms with E-state index in [1.807, 2.05) is 62.7 Å². The third-order valence-corrected chi connectivity index (χ3v) is 6.33. The second-order valence-electron chi connectivity index (χ2n) is 9.72. The van der Waals surface area contributed by atoms with E-state index >= 15 is 0 Å². The van der Waals surface area contributed by atoms with Crippen LogP contribution in [0.4, 0.5) is 10.6 Å². The lowest BCUT2D eigenvalue weighted by Gasteiger charge is -2.34. The van der Waals surface area contributed by atoms with E-state index in [0.29, 0.717) is 11.3 Å². The number of carbonyl (C=O) groups excluding carboxylic acids is 1. The second kappa shape index (κ2) is 7.56. The summed E-state index contributed by atoms with van der Waals surface area (Å²) in [4.78, 5) is 14.1. The third kappa shape index (κ3) is 4.27. The molecule has 162 valence electrons. The lowest BCUT2D eigenvalue weighted by molar-refractivity contribution is 0.0166. The highest BCUT2D eigenvalue weighted by Gasteiger charge is 2.54. The lowest BCUT2D eigenvalue weighted by Crippen LogP contribution is -2.42. The van der Waals surface area contributed by atoms with Crippen LogP contribution in [0.25, 0.3) is 11.4 Å². The van der Waals surface area contributed by atoms with Crippen LogP contribution in [0.1, 0.15) is 45.6 Å². The van der Waals surface area contributed by atoms with E-state index in [1.165, 1.54) is 6.42 Å². The van der Waals surface area contributed by atoms with Crippen molar-refractivity contribution in [3.63, 3.8) is 0 Å². The molecule has 1 aliphatic carbocycles. The molecule has 30 heavy (non-hydrogen) atoms. The second-order valence-corrected chi connectivity index (χ2v) is 9.72. The molecule has 1 aliphatic heterocycles. The maximum atomic E-state index is 12.3. The van der Waals surface area contributed by atoms with Crippen LogP contribution >= 0.6 is 0 Å². The fraction of sp³-hybridized carbons (Fsp3) is 0.636. The maximum Gasteiger partial charge on any atom is 0.410 e. The molecule has 2 fully saturated rings. The van der Waals surface area contributed by atoms with Gasteiger partial charge in [-0.15, -0.1) is 10.2 Å². The van der Waals surface area contributed by atoms with Gasteiger partial charge in [-0.05, 0) is 76.0 Å². The number of aryl methyl sites for hydroxylation is 2. The van der Waals surface area contributed by atoms with Crippen molar-refractivity contribution in [3.05, 3.63) is 23.9 Å². The van der Waals surface area contributed by atoms with Crippen molar-refractivity contribution in [2.45, 2.75) is 52.6 Å². The highest BCUT2D eigenvalue weighted by Crippen LogP contribution is 2.59. The van der Waals surface area contributed by atoms with E-state index in [4.69, 9.17) is 4.74 Å². The molecule has 1 unspecified atom stereocenters. The van der Waals surface area contributed by atoms with Crippen LogP contribution in [0.3, 0.4) is 0 Å². The van der Waals surface area contributed by atoms with Crippen molar-refractivity contribution in [3.8, 4) is 11.4 Å². The van der Waals surface area contributed by atoms with Crippen molar-refractivity contribution < 1.29 is 9.53 Å². The van der Waals surface area contributed by atoms with E-state index in [2.05, 4.69) is 20.6 Å². The molecular formula is C22H32N6O2. The molecule has 0 radical (unpaired) electrons. The minimum atomic E-state index is -0.440. The SMILES string of the molecule is Cc1cnn(C)c1-c1ccc(NCC2CC23CCN(C(=O)OC(C)(C)C)CC3)nn1. The molecule has 1 saturated heterocycles. The number of rotatable bonds is 4.